The predicted molar refractivity (Wildman–Crippen MR) is 116 cm³/mol. The van der Waals surface area contributed by atoms with Crippen LogP contribution in [0.5, 0.6) is 17.2 Å². The number of hydrogen-bond donors (Lipinski definition) is 1. The van der Waals surface area contributed by atoms with E-state index < -0.39 is 11.9 Å². The third-order valence-electron chi connectivity index (χ3n) is 4.93. The molecule has 0 spiro atoms. The molecule has 9 heteroatoms. The average Bonchev–Trinajstić information content (AvgIpc) is 2.81. The normalized spacial score (nSPS) is 16.2. The summed E-state index contributed by atoms with van der Waals surface area (Å²) in [6.07, 6.45) is -0.224. The van der Waals surface area contributed by atoms with Gasteiger partial charge in [-0.05, 0) is 17.7 Å². The third-order valence-corrected chi connectivity index (χ3v) is 4.93. The molecule has 0 aliphatic carbocycles. The molecule has 0 bridgehead atoms. The molecule has 3 rings (SSSR count). The topological polar surface area (TPSA) is 110 Å². The summed E-state index contributed by atoms with van der Waals surface area (Å²) >= 11 is 0. The van der Waals surface area contributed by atoms with E-state index in [2.05, 4.69) is 17.0 Å². The quantitative estimate of drug-likeness (QED) is 0.551. The first-order valence-corrected chi connectivity index (χ1v) is 10.2. The van der Waals surface area contributed by atoms with Gasteiger partial charge in [0.25, 0.3) is 5.91 Å². The van der Waals surface area contributed by atoms with Crippen LogP contribution < -0.4 is 19.9 Å². The van der Waals surface area contributed by atoms with Crippen LogP contribution in [-0.4, -0.2) is 70.0 Å². The van der Waals surface area contributed by atoms with Gasteiger partial charge in [0.2, 0.25) is 5.75 Å². The number of carbonyl (C=O) groups is 2. The lowest BCUT2D eigenvalue weighted by Gasteiger charge is -2.32. The lowest BCUT2D eigenvalue weighted by atomic mass is 10.1. The smallest absolute Gasteiger partial charge is 0.338 e. The number of morpholine rings is 1. The highest BCUT2D eigenvalue weighted by Gasteiger charge is 2.24. The Kier molecular flexibility index (Phi) is 8.29. The van der Waals surface area contributed by atoms with E-state index in [1.54, 1.807) is 0 Å². The summed E-state index contributed by atoms with van der Waals surface area (Å²) in [6.45, 7) is 2.64. The Balaban J connectivity index is 1.60. The average molecular weight is 444 g/mol. The Labute approximate surface area is 186 Å². The second-order valence-electron chi connectivity index (χ2n) is 7.28. The van der Waals surface area contributed by atoms with Gasteiger partial charge in [-0.1, -0.05) is 30.3 Å². The fourth-order valence-electron chi connectivity index (χ4n) is 3.40. The van der Waals surface area contributed by atoms with E-state index in [1.807, 2.05) is 18.2 Å². The summed E-state index contributed by atoms with van der Waals surface area (Å²) in [5.74, 6) is -0.572. The molecule has 0 saturated carbocycles. The molecule has 2 aromatic carbocycles. The van der Waals surface area contributed by atoms with Crippen LogP contribution in [0.3, 0.4) is 0 Å². The number of primary amides is 1. The minimum absolute atomic E-state index is 0.120. The highest BCUT2D eigenvalue weighted by molar-refractivity contribution is 5.91. The number of ether oxygens (including phenoxy) is 5. The molecular formula is C23H28N2O7. The molecule has 1 saturated heterocycles. The molecule has 9 nitrogen and oxygen atoms in total. The Bertz CT molecular complexity index is 895. The molecular weight excluding hydrogens is 416 g/mol. The molecule has 172 valence electrons. The van der Waals surface area contributed by atoms with Crippen molar-refractivity contribution in [3.63, 3.8) is 0 Å². The molecule has 1 atom stereocenters. The molecule has 1 fully saturated rings. The van der Waals surface area contributed by atoms with Gasteiger partial charge < -0.3 is 29.4 Å². The summed E-state index contributed by atoms with van der Waals surface area (Å²) in [5.41, 5.74) is 6.58. The molecule has 1 aliphatic rings. The largest absolute Gasteiger partial charge is 0.493 e. The molecule has 1 unspecified atom stereocenters. The van der Waals surface area contributed by atoms with E-state index in [0.29, 0.717) is 13.2 Å². The van der Waals surface area contributed by atoms with Gasteiger partial charge in [-0.25, -0.2) is 4.79 Å². The monoisotopic (exact) mass is 444 g/mol. The molecule has 0 aromatic heterocycles. The van der Waals surface area contributed by atoms with Crippen LogP contribution in [0.1, 0.15) is 15.9 Å². The van der Waals surface area contributed by atoms with Crippen molar-refractivity contribution in [3.8, 4) is 17.2 Å². The summed E-state index contributed by atoms with van der Waals surface area (Å²) in [4.78, 5) is 26.0. The zero-order valence-corrected chi connectivity index (χ0v) is 18.2. The number of benzene rings is 2. The van der Waals surface area contributed by atoms with Crippen LogP contribution >= 0.6 is 0 Å². The first-order valence-electron chi connectivity index (χ1n) is 10.2. The molecule has 2 aromatic rings. The fourth-order valence-corrected chi connectivity index (χ4v) is 3.40. The lowest BCUT2D eigenvalue weighted by Crippen LogP contribution is -2.44. The Morgan fingerprint density at radius 2 is 1.81 bits per heavy atom. The lowest BCUT2D eigenvalue weighted by molar-refractivity contribution is -0.120. The maximum absolute atomic E-state index is 12.7. The number of nitrogens with two attached hydrogens (primary N) is 1. The van der Waals surface area contributed by atoms with Crippen molar-refractivity contribution in [2.75, 3.05) is 47.1 Å². The second kappa shape index (κ2) is 11.4. The summed E-state index contributed by atoms with van der Waals surface area (Å²) in [7, 11) is 2.83. The van der Waals surface area contributed by atoms with Gasteiger partial charge in [0, 0.05) is 19.6 Å². The Morgan fingerprint density at radius 3 is 2.44 bits per heavy atom. The van der Waals surface area contributed by atoms with E-state index >= 15 is 0 Å². The molecule has 2 N–H and O–H groups in total. The number of amides is 1. The van der Waals surface area contributed by atoms with Crippen molar-refractivity contribution in [2.24, 2.45) is 5.73 Å². The molecule has 32 heavy (non-hydrogen) atoms. The fraction of sp³-hybridized carbons (Fsp3) is 0.391. The third kappa shape index (κ3) is 6.35. The van der Waals surface area contributed by atoms with Crippen LogP contribution in [0.4, 0.5) is 0 Å². The van der Waals surface area contributed by atoms with Gasteiger partial charge in [-0.3, -0.25) is 9.69 Å². The van der Waals surface area contributed by atoms with Crippen molar-refractivity contribution in [1.82, 2.24) is 4.90 Å². The highest BCUT2D eigenvalue weighted by Crippen LogP contribution is 2.38. The minimum atomic E-state index is -0.647. The number of methoxy groups -OCH3 is 2. The van der Waals surface area contributed by atoms with E-state index in [0.717, 1.165) is 13.1 Å². The van der Waals surface area contributed by atoms with Gasteiger partial charge in [0.15, 0.2) is 18.1 Å². The standard InChI is InChI=1S/C23H28N2O7/c1-28-19-10-17(11-20(29-2)22(19)31-15-21(24)26)23(27)32-14-18-13-25(8-9-30-18)12-16-6-4-3-5-7-16/h3-7,10-11,18H,8-9,12-15H2,1-2H3,(H2,24,26). The number of esters is 1. The molecule has 1 aliphatic heterocycles. The Morgan fingerprint density at radius 1 is 1.12 bits per heavy atom. The van der Waals surface area contributed by atoms with E-state index in [-0.39, 0.29) is 42.1 Å². The maximum atomic E-state index is 12.7. The van der Waals surface area contributed by atoms with Crippen molar-refractivity contribution in [1.29, 1.82) is 0 Å². The highest BCUT2D eigenvalue weighted by atomic mass is 16.6. The number of carbonyl (C=O) groups excluding carboxylic acids is 2. The number of nitrogens with zero attached hydrogens (tertiary/aromatic N) is 1. The second-order valence-corrected chi connectivity index (χ2v) is 7.28. The number of rotatable bonds is 10. The Hall–Kier alpha value is -3.30. The van der Waals surface area contributed by atoms with Gasteiger partial charge in [-0.15, -0.1) is 0 Å². The first kappa shape index (κ1) is 23.4. The van der Waals surface area contributed by atoms with Crippen molar-refractivity contribution in [2.45, 2.75) is 12.6 Å². The molecule has 1 heterocycles. The van der Waals surface area contributed by atoms with Gasteiger partial charge in [0.1, 0.15) is 12.7 Å². The SMILES string of the molecule is COc1cc(C(=O)OCC2CN(Cc3ccccc3)CCO2)cc(OC)c1OCC(N)=O. The summed E-state index contributed by atoms with van der Waals surface area (Å²) in [6, 6.07) is 13.1. The molecule has 1 amide bonds. The van der Waals surface area contributed by atoms with E-state index in [1.165, 1.54) is 31.9 Å². The first-order chi connectivity index (χ1) is 15.5. The zero-order chi connectivity index (χ0) is 22.9. The van der Waals surface area contributed by atoms with Crippen LogP contribution in [0.2, 0.25) is 0 Å². The summed E-state index contributed by atoms with van der Waals surface area (Å²) < 4.78 is 27.2. The van der Waals surface area contributed by atoms with Gasteiger partial charge in [0.05, 0.1) is 26.4 Å². The van der Waals surface area contributed by atoms with Crippen molar-refractivity contribution in [3.05, 3.63) is 53.6 Å². The van der Waals surface area contributed by atoms with Crippen LogP contribution in [0.15, 0.2) is 42.5 Å². The van der Waals surface area contributed by atoms with E-state index in [9.17, 15) is 9.59 Å². The van der Waals surface area contributed by atoms with Crippen molar-refractivity contribution < 1.29 is 33.3 Å². The van der Waals surface area contributed by atoms with Crippen LogP contribution in [0, 0.1) is 0 Å². The van der Waals surface area contributed by atoms with Crippen molar-refractivity contribution >= 4 is 11.9 Å². The maximum Gasteiger partial charge on any atom is 0.338 e. The zero-order valence-electron chi connectivity index (χ0n) is 18.2. The van der Waals surface area contributed by atoms with Gasteiger partial charge >= 0.3 is 5.97 Å². The van der Waals surface area contributed by atoms with Crippen LogP contribution in [-0.2, 0) is 20.8 Å². The molecule has 0 radical (unpaired) electrons. The minimum Gasteiger partial charge on any atom is -0.493 e. The summed E-state index contributed by atoms with van der Waals surface area (Å²) in [5, 5.41) is 0. The van der Waals surface area contributed by atoms with Crippen LogP contribution in [0.25, 0.3) is 0 Å². The van der Waals surface area contributed by atoms with E-state index in [4.69, 9.17) is 29.4 Å². The number of hydrogen-bond acceptors (Lipinski definition) is 8. The van der Waals surface area contributed by atoms with Gasteiger partial charge in [-0.2, -0.15) is 0 Å². The predicted octanol–water partition coefficient (Wildman–Crippen LogP) is 1.63.